The quantitative estimate of drug-likeness (QED) is 0.570. The van der Waals surface area contributed by atoms with E-state index in [1.807, 2.05) is 0 Å². The van der Waals surface area contributed by atoms with Crippen LogP contribution in [0.1, 0.15) is 0 Å². The van der Waals surface area contributed by atoms with E-state index in [1.165, 1.54) is 11.3 Å². The molecule has 0 bridgehead atoms. The number of thiazole rings is 1. The molecule has 0 spiro atoms. The Morgan fingerprint density at radius 2 is 2.16 bits per heavy atom. The van der Waals surface area contributed by atoms with Crippen LogP contribution in [0.4, 0.5) is 5.69 Å². The van der Waals surface area contributed by atoms with Gasteiger partial charge in [-0.15, -0.1) is 11.3 Å². The van der Waals surface area contributed by atoms with Gasteiger partial charge >= 0.3 is 11.8 Å². The van der Waals surface area contributed by atoms with Gasteiger partial charge in [0.15, 0.2) is 0 Å². The molecule has 0 aliphatic carbocycles. The SMILES string of the molecule is NC(=S)CNC(=O)C(=O)Nc1ccc2ncsc2c1. The minimum absolute atomic E-state index is 0.00450. The van der Waals surface area contributed by atoms with Gasteiger partial charge in [0.2, 0.25) is 0 Å². The van der Waals surface area contributed by atoms with E-state index in [2.05, 4.69) is 27.8 Å². The molecule has 19 heavy (non-hydrogen) atoms. The van der Waals surface area contributed by atoms with Gasteiger partial charge in [0.25, 0.3) is 0 Å². The molecule has 0 radical (unpaired) electrons. The van der Waals surface area contributed by atoms with E-state index in [4.69, 9.17) is 5.73 Å². The van der Waals surface area contributed by atoms with Crippen molar-refractivity contribution in [3.63, 3.8) is 0 Å². The summed E-state index contributed by atoms with van der Waals surface area (Å²) in [5.74, 6) is -1.54. The van der Waals surface area contributed by atoms with Crippen LogP contribution in [-0.4, -0.2) is 28.3 Å². The van der Waals surface area contributed by atoms with Crippen molar-refractivity contribution in [3.05, 3.63) is 23.7 Å². The molecule has 0 unspecified atom stereocenters. The molecule has 6 nitrogen and oxygen atoms in total. The van der Waals surface area contributed by atoms with Gasteiger partial charge in [-0.3, -0.25) is 9.59 Å². The van der Waals surface area contributed by atoms with E-state index in [1.54, 1.807) is 23.7 Å². The van der Waals surface area contributed by atoms with Gasteiger partial charge < -0.3 is 16.4 Å². The second-order valence-electron chi connectivity index (χ2n) is 3.64. The first-order valence-electron chi connectivity index (χ1n) is 5.27. The van der Waals surface area contributed by atoms with Crippen LogP contribution in [0.15, 0.2) is 23.7 Å². The second kappa shape index (κ2) is 5.72. The summed E-state index contributed by atoms with van der Waals surface area (Å²) in [5.41, 5.74) is 8.32. The van der Waals surface area contributed by atoms with Crippen molar-refractivity contribution in [1.29, 1.82) is 0 Å². The number of nitrogens with two attached hydrogens (primary N) is 1. The van der Waals surface area contributed by atoms with Gasteiger partial charge in [-0.05, 0) is 18.2 Å². The monoisotopic (exact) mass is 294 g/mol. The first-order valence-corrected chi connectivity index (χ1v) is 6.56. The van der Waals surface area contributed by atoms with Gasteiger partial charge in [0.1, 0.15) is 0 Å². The number of thiocarbonyl (C=S) groups is 1. The van der Waals surface area contributed by atoms with Crippen LogP contribution >= 0.6 is 23.6 Å². The Bertz CT molecular complexity index is 653. The van der Waals surface area contributed by atoms with Crippen LogP contribution in [-0.2, 0) is 9.59 Å². The van der Waals surface area contributed by atoms with Crippen LogP contribution in [0.5, 0.6) is 0 Å². The van der Waals surface area contributed by atoms with Crippen molar-refractivity contribution in [2.24, 2.45) is 5.73 Å². The maximum Gasteiger partial charge on any atom is 0.313 e. The number of anilines is 1. The van der Waals surface area contributed by atoms with Crippen LogP contribution < -0.4 is 16.4 Å². The van der Waals surface area contributed by atoms with Gasteiger partial charge in [0, 0.05) is 5.69 Å². The number of carbonyl (C=O) groups excluding carboxylic acids is 2. The predicted molar refractivity (Wildman–Crippen MR) is 78.0 cm³/mol. The lowest BCUT2D eigenvalue weighted by molar-refractivity contribution is -0.135. The summed E-state index contributed by atoms with van der Waals surface area (Å²) in [6.45, 7) is -0.00450. The highest BCUT2D eigenvalue weighted by Gasteiger charge is 2.13. The maximum atomic E-state index is 11.6. The molecule has 4 N–H and O–H groups in total. The van der Waals surface area contributed by atoms with Crippen LogP contribution in [0, 0.1) is 0 Å². The molecule has 0 saturated heterocycles. The zero-order valence-corrected chi connectivity index (χ0v) is 11.3. The van der Waals surface area contributed by atoms with Crippen molar-refractivity contribution < 1.29 is 9.59 Å². The summed E-state index contributed by atoms with van der Waals surface area (Å²) in [5, 5.41) is 4.80. The topological polar surface area (TPSA) is 97.1 Å². The molecule has 0 aliphatic rings. The molecular weight excluding hydrogens is 284 g/mol. The van der Waals surface area contributed by atoms with E-state index in [0.29, 0.717) is 5.69 Å². The number of aromatic nitrogens is 1. The Balaban J connectivity index is 2.01. The average molecular weight is 294 g/mol. The number of benzene rings is 1. The minimum atomic E-state index is -0.780. The Hall–Kier alpha value is -2.06. The summed E-state index contributed by atoms with van der Waals surface area (Å²) in [4.78, 5) is 27.2. The van der Waals surface area contributed by atoms with Gasteiger partial charge in [-0.2, -0.15) is 0 Å². The Morgan fingerprint density at radius 1 is 1.37 bits per heavy atom. The molecule has 1 aromatic carbocycles. The van der Waals surface area contributed by atoms with E-state index in [9.17, 15) is 9.59 Å². The summed E-state index contributed by atoms with van der Waals surface area (Å²) in [7, 11) is 0. The maximum absolute atomic E-state index is 11.6. The highest BCUT2D eigenvalue weighted by molar-refractivity contribution is 7.80. The molecule has 0 aliphatic heterocycles. The van der Waals surface area contributed by atoms with E-state index in [0.717, 1.165) is 10.2 Å². The number of fused-ring (bicyclic) bond motifs is 1. The average Bonchev–Trinajstić information content (AvgIpc) is 2.83. The van der Waals surface area contributed by atoms with E-state index >= 15 is 0 Å². The van der Waals surface area contributed by atoms with Crippen LogP contribution in [0.3, 0.4) is 0 Å². The van der Waals surface area contributed by atoms with Crippen molar-refractivity contribution in [2.75, 3.05) is 11.9 Å². The number of carbonyl (C=O) groups is 2. The number of hydrogen-bond acceptors (Lipinski definition) is 5. The summed E-state index contributed by atoms with van der Waals surface area (Å²) in [6, 6.07) is 5.21. The third kappa shape index (κ3) is 3.46. The fourth-order valence-electron chi connectivity index (χ4n) is 1.37. The third-order valence-corrected chi connectivity index (χ3v) is 3.15. The van der Waals surface area contributed by atoms with Crippen molar-refractivity contribution in [2.45, 2.75) is 0 Å². The number of amides is 2. The third-order valence-electron chi connectivity index (χ3n) is 2.22. The van der Waals surface area contributed by atoms with Crippen molar-refractivity contribution in [1.82, 2.24) is 10.3 Å². The molecule has 2 aromatic rings. The Kier molecular flexibility index (Phi) is 4.03. The van der Waals surface area contributed by atoms with E-state index in [-0.39, 0.29) is 11.5 Å². The first kappa shape index (κ1) is 13.4. The largest absolute Gasteiger partial charge is 0.392 e. The lowest BCUT2D eigenvalue weighted by Crippen LogP contribution is -2.39. The molecule has 2 rings (SSSR count). The molecule has 1 heterocycles. The van der Waals surface area contributed by atoms with Gasteiger partial charge in [-0.1, -0.05) is 12.2 Å². The molecule has 2 amide bonds. The fraction of sp³-hybridized carbons (Fsp3) is 0.0909. The lowest BCUT2D eigenvalue weighted by Gasteiger charge is -2.05. The number of rotatable bonds is 3. The number of nitrogens with zero attached hydrogens (tertiary/aromatic N) is 1. The zero-order chi connectivity index (χ0) is 13.8. The smallest absolute Gasteiger partial charge is 0.313 e. The fourth-order valence-corrected chi connectivity index (χ4v) is 2.16. The number of nitrogens with one attached hydrogen (secondary N) is 2. The molecule has 1 aromatic heterocycles. The molecule has 0 fully saturated rings. The van der Waals surface area contributed by atoms with Crippen LogP contribution in [0.2, 0.25) is 0 Å². The highest BCUT2D eigenvalue weighted by atomic mass is 32.1. The van der Waals surface area contributed by atoms with E-state index < -0.39 is 11.8 Å². The summed E-state index contributed by atoms with van der Waals surface area (Å²) < 4.78 is 0.932. The Labute approximate surface area is 118 Å². The van der Waals surface area contributed by atoms with Crippen molar-refractivity contribution in [3.8, 4) is 0 Å². The zero-order valence-electron chi connectivity index (χ0n) is 9.67. The standard InChI is InChI=1S/C11H10N4O2S2/c12-9(18)4-13-10(16)11(17)15-6-1-2-7-8(3-6)19-5-14-7/h1-3,5H,4H2,(H2,12,18)(H,13,16)(H,15,17). The normalized spacial score (nSPS) is 10.1. The van der Waals surface area contributed by atoms with Gasteiger partial charge in [0.05, 0.1) is 27.3 Å². The first-order chi connectivity index (χ1) is 9.06. The summed E-state index contributed by atoms with van der Waals surface area (Å²) in [6.07, 6.45) is 0. The second-order valence-corrected chi connectivity index (χ2v) is 5.05. The Morgan fingerprint density at radius 3 is 2.89 bits per heavy atom. The molecule has 98 valence electrons. The minimum Gasteiger partial charge on any atom is -0.392 e. The van der Waals surface area contributed by atoms with Gasteiger partial charge in [-0.25, -0.2) is 4.98 Å². The molecule has 8 heteroatoms. The molecule has 0 atom stereocenters. The number of hydrogen-bond donors (Lipinski definition) is 3. The highest BCUT2D eigenvalue weighted by Crippen LogP contribution is 2.21. The summed E-state index contributed by atoms with van der Waals surface area (Å²) >= 11 is 6.05. The van der Waals surface area contributed by atoms with Crippen LogP contribution in [0.25, 0.3) is 10.2 Å². The predicted octanol–water partition coefficient (Wildman–Crippen LogP) is 0.637. The molecule has 0 saturated carbocycles. The molecular formula is C11H10N4O2S2. The lowest BCUT2D eigenvalue weighted by atomic mass is 10.3. The van der Waals surface area contributed by atoms with Crippen molar-refractivity contribution >= 4 is 56.3 Å².